The van der Waals surface area contributed by atoms with E-state index >= 15 is 0 Å². The Labute approximate surface area is 211 Å². The van der Waals surface area contributed by atoms with Gasteiger partial charge >= 0.3 is 5.97 Å². The van der Waals surface area contributed by atoms with Crippen LogP contribution in [0.4, 0.5) is 0 Å². The molecule has 7 nitrogen and oxygen atoms in total. The number of phenols is 1. The number of aromatic hydroxyl groups is 1. The minimum absolute atomic E-state index is 0.0872. The lowest BCUT2D eigenvalue weighted by molar-refractivity contribution is -0.166. The van der Waals surface area contributed by atoms with Crippen molar-refractivity contribution in [3.63, 3.8) is 0 Å². The third kappa shape index (κ3) is 5.18. The number of nitrogens with one attached hydrogen (secondary N) is 1. The van der Waals surface area contributed by atoms with Crippen molar-refractivity contribution in [3.05, 3.63) is 65.9 Å². The van der Waals surface area contributed by atoms with E-state index in [-0.39, 0.29) is 35.6 Å². The van der Waals surface area contributed by atoms with E-state index in [0.717, 1.165) is 53.6 Å². The van der Waals surface area contributed by atoms with Crippen LogP contribution in [0.1, 0.15) is 55.3 Å². The standard InChI is InChI=1S/C29H34N2O5/c1-35-21-8-10-26-25(15-21)22(12-14-31-26)27(33)11-9-23-24(18-4-6-20(32)7-5-18)16-28(23)36-29(34)19-3-2-13-30-17-19/h4-8,10,12,14-15,19,23-24,27-28,30,32-33H,2-3,9,11,13,16-17H2,1H3/t19?,23-,24+,27?,28?/m1/s1. The molecule has 2 fully saturated rings. The van der Waals surface area contributed by atoms with Crippen molar-refractivity contribution in [3.8, 4) is 11.5 Å². The van der Waals surface area contributed by atoms with Gasteiger partial charge in [-0.3, -0.25) is 9.78 Å². The number of carbonyl (C=O) groups is 1. The molecule has 1 aliphatic heterocycles. The third-order valence-electron chi connectivity index (χ3n) is 7.81. The molecule has 0 bridgehead atoms. The van der Waals surface area contributed by atoms with Crippen LogP contribution in [0.3, 0.4) is 0 Å². The molecule has 5 atom stereocenters. The maximum Gasteiger partial charge on any atom is 0.310 e. The number of fused-ring (bicyclic) bond motifs is 1. The summed E-state index contributed by atoms with van der Waals surface area (Å²) < 4.78 is 11.4. The molecule has 36 heavy (non-hydrogen) atoms. The molecule has 7 heteroatoms. The van der Waals surface area contributed by atoms with Crippen molar-refractivity contribution in [2.45, 2.75) is 50.2 Å². The SMILES string of the molecule is COc1ccc2nccc(C(O)CC[C@H]3C(OC(=O)C4CCCNC4)C[C@H]3c3ccc(O)cc3)c2c1. The number of aliphatic hydroxyl groups excluding tert-OH is 1. The quantitative estimate of drug-likeness (QED) is 0.400. The highest BCUT2D eigenvalue weighted by Gasteiger charge is 2.45. The lowest BCUT2D eigenvalue weighted by Gasteiger charge is -2.45. The van der Waals surface area contributed by atoms with Crippen LogP contribution in [0.2, 0.25) is 0 Å². The molecular weight excluding hydrogens is 456 g/mol. The number of carbonyl (C=O) groups excluding carboxylic acids is 1. The van der Waals surface area contributed by atoms with Gasteiger partial charge in [0.15, 0.2) is 0 Å². The number of pyridine rings is 1. The van der Waals surface area contributed by atoms with Crippen LogP contribution in [0.15, 0.2) is 54.7 Å². The van der Waals surface area contributed by atoms with Gasteiger partial charge in [0.1, 0.15) is 17.6 Å². The molecule has 2 aromatic carbocycles. The molecule has 1 aromatic heterocycles. The summed E-state index contributed by atoms with van der Waals surface area (Å²) in [6.45, 7) is 1.63. The molecular formula is C29H34N2O5. The smallest absolute Gasteiger partial charge is 0.310 e. The molecule has 0 radical (unpaired) electrons. The molecule has 5 rings (SSSR count). The first-order valence-electron chi connectivity index (χ1n) is 12.8. The average molecular weight is 491 g/mol. The van der Waals surface area contributed by atoms with Gasteiger partial charge in [0.25, 0.3) is 0 Å². The highest BCUT2D eigenvalue weighted by atomic mass is 16.5. The van der Waals surface area contributed by atoms with E-state index in [1.807, 2.05) is 36.4 Å². The van der Waals surface area contributed by atoms with E-state index in [4.69, 9.17) is 9.47 Å². The second-order valence-corrected chi connectivity index (χ2v) is 9.99. The highest BCUT2D eigenvalue weighted by molar-refractivity contribution is 5.83. The monoisotopic (exact) mass is 490 g/mol. The maximum absolute atomic E-state index is 12.8. The van der Waals surface area contributed by atoms with Crippen molar-refractivity contribution < 1.29 is 24.5 Å². The first kappa shape index (κ1) is 24.5. The van der Waals surface area contributed by atoms with Crippen LogP contribution >= 0.6 is 0 Å². The summed E-state index contributed by atoms with van der Waals surface area (Å²) in [5.41, 5.74) is 2.75. The molecule has 3 aromatic rings. The Morgan fingerprint density at radius 3 is 2.78 bits per heavy atom. The van der Waals surface area contributed by atoms with E-state index in [0.29, 0.717) is 19.4 Å². The normalized spacial score (nSPS) is 24.6. The van der Waals surface area contributed by atoms with Gasteiger partial charge in [-0.15, -0.1) is 0 Å². The number of hydrogen-bond donors (Lipinski definition) is 3. The van der Waals surface area contributed by atoms with Crippen molar-refractivity contribution in [1.29, 1.82) is 0 Å². The van der Waals surface area contributed by atoms with Gasteiger partial charge in [0, 0.05) is 24.0 Å². The number of methoxy groups -OCH3 is 1. The number of hydrogen-bond acceptors (Lipinski definition) is 7. The van der Waals surface area contributed by atoms with Crippen LogP contribution in [-0.4, -0.2) is 47.5 Å². The molecule has 2 heterocycles. The lowest BCUT2D eigenvalue weighted by atomic mass is 9.65. The van der Waals surface area contributed by atoms with Crippen molar-refractivity contribution in [2.24, 2.45) is 11.8 Å². The zero-order chi connectivity index (χ0) is 25.1. The van der Waals surface area contributed by atoms with Crippen LogP contribution in [0.5, 0.6) is 11.5 Å². The number of piperidine rings is 1. The number of ether oxygens (including phenoxy) is 2. The van der Waals surface area contributed by atoms with Gasteiger partial charge in [0.05, 0.1) is 24.6 Å². The van der Waals surface area contributed by atoms with Crippen LogP contribution in [-0.2, 0) is 9.53 Å². The number of benzene rings is 2. The molecule has 2 aliphatic rings. The molecule has 0 amide bonds. The number of phenolic OH excluding ortho intramolecular Hbond substituents is 1. The molecule has 3 unspecified atom stereocenters. The summed E-state index contributed by atoms with van der Waals surface area (Å²) in [5, 5.41) is 25.1. The predicted molar refractivity (Wildman–Crippen MR) is 137 cm³/mol. The number of aromatic nitrogens is 1. The van der Waals surface area contributed by atoms with Gasteiger partial charge in [-0.1, -0.05) is 12.1 Å². The van der Waals surface area contributed by atoms with Gasteiger partial charge in [-0.25, -0.2) is 0 Å². The number of rotatable bonds is 8. The second-order valence-electron chi connectivity index (χ2n) is 9.99. The van der Waals surface area contributed by atoms with Crippen LogP contribution < -0.4 is 10.1 Å². The zero-order valence-corrected chi connectivity index (χ0v) is 20.6. The van der Waals surface area contributed by atoms with Gasteiger partial charge in [0.2, 0.25) is 0 Å². The Morgan fingerprint density at radius 1 is 1.19 bits per heavy atom. The Hall–Kier alpha value is -3.16. The first-order valence-corrected chi connectivity index (χ1v) is 12.8. The third-order valence-corrected chi connectivity index (χ3v) is 7.81. The molecule has 1 saturated heterocycles. The Balaban J connectivity index is 1.31. The van der Waals surface area contributed by atoms with E-state index < -0.39 is 6.10 Å². The van der Waals surface area contributed by atoms with Crippen molar-refractivity contribution in [2.75, 3.05) is 20.2 Å². The number of aliphatic hydroxyl groups is 1. The van der Waals surface area contributed by atoms with Gasteiger partial charge in [-0.2, -0.15) is 0 Å². The zero-order valence-electron chi connectivity index (χ0n) is 20.6. The minimum Gasteiger partial charge on any atom is -0.508 e. The van der Waals surface area contributed by atoms with E-state index in [1.165, 1.54) is 0 Å². The molecule has 1 saturated carbocycles. The van der Waals surface area contributed by atoms with Gasteiger partial charge < -0.3 is 25.0 Å². The van der Waals surface area contributed by atoms with Crippen molar-refractivity contribution in [1.82, 2.24) is 10.3 Å². The van der Waals surface area contributed by atoms with E-state index in [1.54, 1.807) is 25.4 Å². The van der Waals surface area contributed by atoms with Crippen LogP contribution in [0, 0.1) is 11.8 Å². The Bertz CT molecular complexity index is 1190. The molecule has 1 aliphatic carbocycles. The molecule has 3 N–H and O–H groups in total. The summed E-state index contributed by atoms with van der Waals surface area (Å²) in [5.74, 6) is 1.07. The summed E-state index contributed by atoms with van der Waals surface area (Å²) in [6.07, 6.45) is 4.73. The number of esters is 1. The fraction of sp³-hybridized carbons (Fsp3) is 0.448. The largest absolute Gasteiger partial charge is 0.508 e. The topological polar surface area (TPSA) is 101 Å². The van der Waals surface area contributed by atoms with Crippen molar-refractivity contribution >= 4 is 16.9 Å². The Morgan fingerprint density at radius 2 is 2.03 bits per heavy atom. The summed E-state index contributed by atoms with van der Waals surface area (Å²) in [4.78, 5) is 17.3. The average Bonchev–Trinajstić information content (AvgIpc) is 2.91. The van der Waals surface area contributed by atoms with Crippen LogP contribution in [0.25, 0.3) is 10.9 Å². The van der Waals surface area contributed by atoms with E-state index in [2.05, 4.69) is 10.3 Å². The highest BCUT2D eigenvalue weighted by Crippen LogP contribution is 2.48. The van der Waals surface area contributed by atoms with Gasteiger partial charge in [-0.05, 0) is 92.1 Å². The second kappa shape index (κ2) is 10.8. The first-order chi connectivity index (χ1) is 17.5. The summed E-state index contributed by atoms with van der Waals surface area (Å²) in [6, 6.07) is 14.8. The predicted octanol–water partition coefficient (Wildman–Crippen LogP) is 4.48. The maximum atomic E-state index is 12.8. The fourth-order valence-corrected chi connectivity index (χ4v) is 5.66. The fourth-order valence-electron chi connectivity index (χ4n) is 5.66. The minimum atomic E-state index is -0.678. The Kier molecular flexibility index (Phi) is 7.39. The molecule has 0 spiro atoms. The lowest BCUT2D eigenvalue weighted by Crippen LogP contribution is -2.45. The summed E-state index contributed by atoms with van der Waals surface area (Å²) in [7, 11) is 1.62. The molecule has 190 valence electrons. The summed E-state index contributed by atoms with van der Waals surface area (Å²) >= 11 is 0. The van der Waals surface area contributed by atoms with E-state index in [9.17, 15) is 15.0 Å². The number of nitrogens with zero attached hydrogens (tertiary/aromatic N) is 1.